The van der Waals surface area contributed by atoms with E-state index in [1.165, 1.54) is 44.6 Å². The van der Waals surface area contributed by atoms with Crippen molar-refractivity contribution in [3.63, 3.8) is 0 Å². The molecule has 3 aromatic rings. The van der Waals surface area contributed by atoms with E-state index in [0.717, 1.165) is 18.2 Å². The van der Waals surface area contributed by atoms with Crippen LogP contribution in [0.15, 0.2) is 69.4 Å². The third-order valence-corrected chi connectivity index (χ3v) is 8.23. The van der Waals surface area contributed by atoms with E-state index >= 15 is 0 Å². The Morgan fingerprint density at radius 3 is 2.21 bits per heavy atom. The molecule has 0 spiro atoms. The van der Waals surface area contributed by atoms with Gasteiger partial charge in [-0.15, -0.1) is 0 Å². The normalized spacial score (nSPS) is 12.7. The molecule has 3 rings (SSSR count). The monoisotopic (exact) mass is 487 g/mol. The molecule has 1 atom stereocenters. The van der Waals surface area contributed by atoms with Gasteiger partial charge >= 0.3 is 0 Å². The van der Waals surface area contributed by atoms with Gasteiger partial charge < -0.3 is 9.29 Å². The first-order chi connectivity index (χ1) is 15.9. The molecule has 1 aromatic heterocycles. The lowest BCUT2D eigenvalue weighted by Gasteiger charge is -2.09. The van der Waals surface area contributed by atoms with Crippen molar-refractivity contribution in [2.24, 2.45) is 0 Å². The fourth-order valence-electron chi connectivity index (χ4n) is 3.68. The van der Waals surface area contributed by atoms with Crippen molar-refractivity contribution in [1.82, 2.24) is 4.98 Å². The number of sulfone groups is 1. The van der Waals surface area contributed by atoms with Gasteiger partial charge in [-0.25, -0.2) is 13.4 Å². The number of hydrogen-bond donors (Lipinski definition) is 0. The quantitative estimate of drug-likeness (QED) is 0.208. The van der Waals surface area contributed by atoms with Gasteiger partial charge in [0, 0.05) is 11.5 Å². The minimum Gasteiger partial charge on any atom is -0.612 e. The maximum Gasteiger partial charge on any atom is 0.223 e. The fraction of sp³-hybridized carbons (Fsp3) is 0.423. The molecule has 0 saturated heterocycles. The van der Waals surface area contributed by atoms with Crippen LogP contribution in [0.25, 0.3) is 10.9 Å². The van der Waals surface area contributed by atoms with Crippen LogP contribution >= 0.6 is 0 Å². The number of benzene rings is 2. The standard InChI is InChI=1S/C26H33NO4S2/c1-3-4-5-6-7-8-9-10-19-31-22-12-15-24(16-13-22)33(29,30)26-18-11-21-20-23(32(2)28)14-17-25(21)27-26/h11-18,20H,3-10,19H2,1-2H3. The predicted octanol–water partition coefficient (Wildman–Crippen LogP) is 6.32. The number of rotatable bonds is 13. The maximum absolute atomic E-state index is 13.0. The summed E-state index contributed by atoms with van der Waals surface area (Å²) in [5.41, 5.74) is 0.551. The molecule has 5 nitrogen and oxygen atoms in total. The average molecular weight is 488 g/mol. The van der Waals surface area contributed by atoms with Gasteiger partial charge in [0.15, 0.2) is 9.92 Å². The summed E-state index contributed by atoms with van der Waals surface area (Å²) in [7, 11) is -3.74. The molecule has 0 aliphatic carbocycles. The van der Waals surface area contributed by atoms with Gasteiger partial charge in [-0.3, -0.25) is 0 Å². The summed E-state index contributed by atoms with van der Waals surface area (Å²) in [6.45, 7) is 2.87. The molecule has 0 amide bonds. The Bertz CT molecular complexity index is 1130. The largest absolute Gasteiger partial charge is 0.612 e. The summed E-state index contributed by atoms with van der Waals surface area (Å²) in [6.07, 6.45) is 11.5. The van der Waals surface area contributed by atoms with Gasteiger partial charge in [0.1, 0.15) is 12.0 Å². The molecule has 0 aliphatic rings. The topological polar surface area (TPSA) is 79.3 Å². The number of unbranched alkanes of at least 4 members (excludes halogenated alkanes) is 7. The number of nitrogens with zero attached hydrogens (tertiary/aromatic N) is 1. The zero-order valence-electron chi connectivity index (χ0n) is 19.5. The zero-order valence-corrected chi connectivity index (χ0v) is 21.1. The first kappa shape index (κ1) is 25.5. The summed E-state index contributed by atoms with van der Waals surface area (Å²) in [4.78, 5) is 5.19. The Labute approximate surface area is 200 Å². The first-order valence-electron chi connectivity index (χ1n) is 11.6. The number of aromatic nitrogens is 1. The van der Waals surface area contributed by atoms with Crippen molar-refractivity contribution in [2.75, 3.05) is 12.9 Å². The van der Waals surface area contributed by atoms with E-state index in [4.69, 9.17) is 4.74 Å². The highest BCUT2D eigenvalue weighted by molar-refractivity contribution is 7.91. The van der Waals surface area contributed by atoms with Crippen LogP contribution in [-0.2, 0) is 21.0 Å². The molecule has 0 bridgehead atoms. The van der Waals surface area contributed by atoms with Crippen LogP contribution in [0.2, 0.25) is 0 Å². The SMILES string of the molecule is CCCCCCCCCCOc1ccc(S(=O)(=O)c2ccc3cc([S+](C)[O-])ccc3n2)cc1. The molecule has 0 saturated carbocycles. The second kappa shape index (κ2) is 12.4. The summed E-state index contributed by atoms with van der Waals surface area (Å²) >= 11 is -1.10. The lowest BCUT2D eigenvalue weighted by molar-refractivity contribution is 0.304. The smallest absolute Gasteiger partial charge is 0.223 e. The third-order valence-electron chi connectivity index (χ3n) is 5.64. The Morgan fingerprint density at radius 1 is 0.879 bits per heavy atom. The van der Waals surface area contributed by atoms with Crippen LogP contribution in [0.5, 0.6) is 5.75 Å². The fourth-order valence-corrected chi connectivity index (χ4v) is 5.43. The third kappa shape index (κ3) is 7.19. The highest BCUT2D eigenvalue weighted by atomic mass is 32.2. The summed E-state index contributed by atoms with van der Waals surface area (Å²) < 4.78 is 43.5. The Balaban J connectivity index is 1.55. The van der Waals surface area contributed by atoms with Gasteiger partial charge in [0.05, 0.1) is 17.0 Å². The molecule has 1 heterocycles. The van der Waals surface area contributed by atoms with Crippen LogP contribution in [-0.4, -0.2) is 30.8 Å². The van der Waals surface area contributed by atoms with Crippen LogP contribution in [0.4, 0.5) is 0 Å². The Hall–Kier alpha value is -2.09. The van der Waals surface area contributed by atoms with Crippen LogP contribution in [0.3, 0.4) is 0 Å². The molecule has 0 aliphatic heterocycles. The average Bonchev–Trinajstić information content (AvgIpc) is 2.82. The van der Waals surface area contributed by atoms with Gasteiger partial charge in [-0.2, -0.15) is 0 Å². The molecule has 1 unspecified atom stereocenters. The van der Waals surface area contributed by atoms with E-state index in [2.05, 4.69) is 11.9 Å². The Kier molecular flexibility index (Phi) is 9.59. The van der Waals surface area contributed by atoms with Gasteiger partial charge in [0.25, 0.3) is 0 Å². The summed E-state index contributed by atoms with van der Waals surface area (Å²) in [6, 6.07) is 14.9. The molecular weight excluding hydrogens is 454 g/mol. The second-order valence-corrected chi connectivity index (χ2v) is 11.5. The van der Waals surface area contributed by atoms with E-state index in [-0.39, 0.29) is 9.92 Å². The number of ether oxygens (including phenoxy) is 1. The molecule has 33 heavy (non-hydrogen) atoms. The Morgan fingerprint density at radius 2 is 1.55 bits per heavy atom. The van der Waals surface area contributed by atoms with E-state index in [1.54, 1.807) is 54.8 Å². The first-order valence-corrected chi connectivity index (χ1v) is 14.7. The molecule has 0 N–H and O–H groups in total. The van der Waals surface area contributed by atoms with E-state index < -0.39 is 21.0 Å². The highest BCUT2D eigenvalue weighted by Crippen LogP contribution is 2.25. The van der Waals surface area contributed by atoms with E-state index in [0.29, 0.717) is 22.8 Å². The molecule has 2 aromatic carbocycles. The molecule has 178 valence electrons. The van der Waals surface area contributed by atoms with E-state index in [9.17, 15) is 13.0 Å². The van der Waals surface area contributed by atoms with Crippen LogP contribution in [0, 0.1) is 0 Å². The summed E-state index contributed by atoms with van der Waals surface area (Å²) in [5.74, 6) is 0.670. The molecule has 7 heteroatoms. The highest BCUT2D eigenvalue weighted by Gasteiger charge is 2.20. The van der Waals surface area contributed by atoms with Crippen molar-refractivity contribution < 1.29 is 17.7 Å². The lowest BCUT2D eigenvalue weighted by atomic mass is 10.1. The number of pyridine rings is 1. The van der Waals surface area contributed by atoms with Crippen LogP contribution < -0.4 is 4.74 Å². The molecule has 0 radical (unpaired) electrons. The van der Waals surface area contributed by atoms with Gasteiger partial charge in [-0.1, -0.05) is 51.9 Å². The number of hydrogen-bond acceptors (Lipinski definition) is 5. The number of fused-ring (bicyclic) bond motifs is 1. The zero-order chi connectivity index (χ0) is 23.7. The molecular formula is C26H33NO4S2. The van der Waals surface area contributed by atoms with Gasteiger partial charge in [-0.05, 0) is 66.1 Å². The lowest BCUT2D eigenvalue weighted by Crippen LogP contribution is -2.05. The molecule has 0 fully saturated rings. The van der Waals surface area contributed by atoms with Crippen molar-refractivity contribution in [3.05, 3.63) is 54.6 Å². The second-order valence-electron chi connectivity index (χ2n) is 8.26. The van der Waals surface area contributed by atoms with Crippen molar-refractivity contribution in [3.8, 4) is 5.75 Å². The van der Waals surface area contributed by atoms with Crippen molar-refractivity contribution >= 4 is 31.9 Å². The maximum atomic E-state index is 13.0. The summed E-state index contributed by atoms with van der Waals surface area (Å²) in [5, 5.41) is 0.749. The minimum atomic E-state index is -3.74. The van der Waals surface area contributed by atoms with Crippen LogP contribution in [0.1, 0.15) is 58.3 Å². The minimum absolute atomic E-state index is 0.00650. The van der Waals surface area contributed by atoms with Crippen molar-refractivity contribution in [2.45, 2.75) is 73.1 Å². The van der Waals surface area contributed by atoms with E-state index in [1.807, 2.05) is 0 Å². The predicted molar refractivity (Wildman–Crippen MR) is 134 cm³/mol. The van der Waals surface area contributed by atoms with Crippen molar-refractivity contribution in [1.29, 1.82) is 0 Å². The van der Waals surface area contributed by atoms with Gasteiger partial charge in [0.2, 0.25) is 9.84 Å².